The van der Waals surface area contributed by atoms with E-state index in [0.29, 0.717) is 11.4 Å². The summed E-state index contributed by atoms with van der Waals surface area (Å²) in [5.41, 5.74) is 6.48. The summed E-state index contributed by atoms with van der Waals surface area (Å²) in [5.74, 6) is -0.102. The molecule has 0 aliphatic heterocycles. The molecule has 1 aliphatic carbocycles. The molecule has 1 amide bonds. The Labute approximate surface area is 114 Å². The Kier molecular flexibility index (Phi) is 4.96. The van der Waals surface area contributed by atoms with E-state index in [1.807, 2.05) is 0 Å². The lowest BCUT2D eigenvalue weighted by Crippen LogP contribution is -2.47. The molecule has 3 N–H and O–H groups in total. The molecule has 0 unspecified atom stereocenters. The molecule has 0 spiro atoms. The first-order valence-electron chi connectivity index (χ1n) is 6.13. The van der Waals surface area contributed by atoms with Gasteiger partial charge in [0.2, 0.25) is 0 Å². The Morgan fingerprint density at radius 1 is 1.33 bits per heavy atom. The number of nitrogens with zero attached hydrogens (tertiary/aromatic N) is 1. The molecule has 1 aromatic rings. The molecule has 1 fully saturated rings. The number of anilines is 1. The van der Waals surface area contributed by atoms with E-state index < -0.39 is 0 Å². The molecule has 1 saturated carbocycles. The van der Waals surface area contributed by atoms with Crippen molar-refractivity contribution in [1.29, 1.82) is 0 Å². The van der Waals surface area contributed by atoms with Gasteiger partial charge in [-0.3, -0.25) is 4.79 Å². The highest BCUT2D eigenvalue weighted by Gasteiger charge is 2.28. The van der Waals surface area contributed by atoms with E-state index >= 15 is 0 Å². The molecule has 1 heterocycles. The van der Waals surface area contributed by atoms with Crippen LogP contribution in [0.2, 0.25) is 0 Å². The molecule has 4 nitrogen and oxygen atoms in total. The predicted molar refractivity (Wildman–Crippen MR) is 74.9 cm³/mol. The lowest BCUT2D eigenvalue weighted by Gasteiger charge is -2.34. The van der Waals surface area contributed by atoms with E-state index in [-0.39, 0.29) is 23.9 Å². The third kappa shape index (κ3) is 3.60. The summed E-state index contributed by atoms with van der Waals surface area (Å²) < 4.78 is 0. The van der Waals surface area contributed by atoms with Crippen LogP contribution in [0.15, 0.2) is 18.3 Å². The van der Waals surface area contributed by atoms with Crippen LogP contribution in [-0.4, -0.2) is 16.4 Å². The van der Waals surface area contributed by atoms with Crippen molar-refractivity contribution in [2.45, 2.75) is 44.6 Å². The summed E-state index contributed by atoms with van der Waals surface area (Å²) >= 11 is 0. The van der Waals surface area contributed by atoms with Crippen molar-refractivity contribution in [3.05, 3.63) is 24.0 Å². The summed E-state index contributed by atoms with van der Waals surface area (Å²) in [6.45, 7) is 2.11. The van der Waals surface area contributed by atoms with Gasteiger partial charge in [-0.2, -0.15) is 0 Å². The van der Waals surface area contributed by atoms with E-state index in [0.717, 1.165) is 12.8 Å². The zero-order valence-corrected chi connectivity index (χ0v) is 11.4. The first-order valence-corrected chi connectivity index (χ1v) is 6.13. The second-order valence-corrected chi connectivity index (χ2v) is 5.05. The number of carbonyl (C=O) groups excluding carboxylic acids is 1. The van der Waals surface area contributed by atoms with Crippen molar-refractivity contribution >= 4 is 24.0 Å². The molecule has 1 aliphatic rings. The SMILES string of the molecule is CC1(NC(=O)c2ccc(N)cn2)CCCCC1.Cl. The van der Waals surface area contributed by atoms with Gasteiger partial charge in [0.25, 0.3) is 5.91 Å². The summed E-state index contributed by atoms with van der Waals surface area (Å²) in [7, 11) is 0. The fourth-order valence-electron chi connectivity index (χ4n) is 2.33. The number of pyridine rings is 1. The molecule has 0 radical (unpaired) electrons. The third-order valence-corrected chi connectivity index (χ3v) is 3.39. The lowest BCUT2D eigenvalue weighted by atomic mass is 9.83. The van der Waals surface area contributed by atoms with Crippen molar-refractivity contribution in [3.8, 4) is 0 Å². The van der Waals surface area contributed by atoms with Gasteiger partial charge in [-0.15, -0.1) is 12.4 Å². The van der Waals surface area contributed by atoms with Crippen LogP contribution in [0.5, 0.6) is 0 Å². The Bertz CT molecular complexity index is 399. The maximum atomic E-state index is 12.0. The number of carbonyl (C=O) groups is 1. The summed E-state index contributed by atoms with van der Waals surface area (Å²) in [6, 6.07) is 3.36. The predicted octanol–water partition coefficient (Wildman–Crippen LogP) is 2.54. The van der Waals surface area contributed by atoms with Crippen LogP contribution in [0, 0.1) is 0 Å². The highest BCUT2D eigenvalue weighted by Crippen LogP contribution is 2.27. The van der Waals surface area contributed by atoms with Gasteiger partial charge in [0.15, 0.2) is 0 Å². The number of nitrogens with one attached hydrogen (secondary N) is 1. The summed E-state index contributed by atoms with van der Waals surface area (Å²) in [5, 5.41) is 3.09. The summed E-state index contributed by atoms with van der Waals surface area (Å²) in [4.78, 5) is 16.1. The smallest absolute Gasteiger partial charge is 0.270 e. The standard InChI is InChI=1S/C13H19N3O.ClH/c1-13(7-3-2-4-8-13)16-12(17)11-6-5-10(14)9-15-11;/h5-6,9H,2-4,7-8,14H2,1H3,(H,16,17);1H. The van der Waals surface area contributed by atoms with Crippen molar-refractivity contribution < 1.29 is 4.79 Å². The summed E-state index contributed by atoms with van der Waals surface area (Å²) in [6.07, 6.45) is 7.25. The Morgan fingerprint density at radius 2 is 2.00 bits per heavy atom. The first kappa shape index (κ1) is 14.8. The molecule has 1 aromatic heterocycles. The quantitative estimate of drug-likeness (QED) is 0.867. The van der Waals surface area contributed by atoms with Crippen LogP contribution in [0.1, 0.15) is 49.5 Å². The van der Waals surface area contributed by atoms with Crippen molar-refractivity contribution in [3.63, 3.8) is 0 Å². The molecule has 5 heteroatoms. The number of halogens is 1. The highest BCUT2D eigenvalue weighted by molar-refractivity contribution is 5.92. The van der Waals surface area contributed by atoms with E-state index in [9.17, 15) is 4.79 Å². The number of hydrogen-bond acceptors (Lipinski definition) is 3. The maximum Gasteiger partial charge on any atom is 0.270 e. The van der Waals surface area contributed by atoms with Crippen molar-refractivity contribution in [1.82, 2.24) is 10.3 Å². The number of aromatic nitrogens is 1. The maximum absolute atomic E-state index is 12.0. The zero-order chi connectivity index (χ0) is 12.3. The van der Waals surface area contributed by atoms with Gasteiger partial charge < -0.3 is 11.1 Å². The molecule has 2 rings (SSSR count). The van der Waals surface area contributed by atoms with Crippen LogP contribution < -0.4 is 11.1 Å². The normalized spacial score (nSPS) is 17.6. The number of amides is 1. The highest BCUT2D eigenvalue weighted by atomic mass is 35.5. The molecule has 18 heavy (non-hydrogen) atoms. The monoisotopic (exact) mass is 269 g/mol. The molecule has 0 atom stereocenters. The number of nitrogens with two attached hydrogens (primary N) is 1. The number of nitrogen functional groups attached to an aromatic ring is 1. The van der Waals surface area contributed by atoms with Crippen molar-refractivity contribution in [2.24, 2.45) is 0 Å². The molecular formula is C13H20ClN3O. The van der Waals surface area contributed by atoms with Crippen molar-refractivity contribution in [2.75, 3.05) is 5.73 Å². The van der Waals surface area contributed by atoms with Gasteiger partial charge in [0, 0.05) is 5.54 Å². The van der Waals surface area contributed by atoms with Gasteiger partial charge in [-0.1, -0.05) is 19.3 Å². The van der Waals surface area contributed by atoms with Crippen LogP contribution >= 0.6 is 12.4 Å². The zero-order valence-electron chi connectivity index (χ0n) is 10.6. The molecular weight excluding hydrogens is 250 g/mol. The number of rotatable bonds is 2. The molecule has 100 valence electrons. The van der Waals surface area contributed by atoms with E-state index in [1.54, 1.807) is 12.1 Å². The second kappa shape index (κ2) is 6.05. The minimum atomic E-state index is -0.102. The molecule has 0 bridgehead atoms. The van der Waals surface area contributed by atoms with Gasteiger partial charge in [-0.25, -0.2) is 4.98 Å². The fraction of sp³-hybridized carbons (Fsp3) is 0.538. The Hall–Kier alpha value is -1.29. The van der Waals surface area contributed by atoms with Gasteiger partial charge in [-0.05, 0) is 31.9 Å². The molecule has 0 aromatic carbocycles. The van der Waals surface area contributed by atoms with E-state index in [1.165, 1.54) is 25.5 Å². The fourth-order valence-corrected chi connectivity index (χ4v) is 2.33. The van der Waals surface area contributed by atoms with E-state index in [2.05, 4.69) is 17.2 Å². The Balaban J connectivity index is 0.00000162. The lowest BCUT2D eigenvalue weighted by molar-refractivity contribution is 0.0877. The number of hydrogen-bond donors (Lipinski definition) is 2. The van der Waals surface area contributed by atoms with E-state index in [4.69, 9.17) is 5.73 Å². The Morgan fingerprint density at radius 3 is 2.56 bits per heavy atom. The van der Waals surface area contributed by atoms with Crippen LogP contribution in [-0.2, 0) is 0 Å². The van der Waals surface area contributed by atoms with Crippen LogP contribution in [0.3, 0.4) is 0 Å². The minimum absolute atomic E-state index is 0. The topological polar surface area (TPSA) is 68.0 Å². The largest absolute Gasteiger partial charge is 0.397 e. The van der Waals surface area contributed by atoms with Gasteiger partial charge >= 0.3 is 0 Å². The van der Waals surface area contributed by atoms with Gasteiger partial charge in [0.05, 0.1) is 11.9 Å². The first-order chi connectivity index (χ1) is 8.09. The van der Waals surface area contributed by atoms with Crippen LogP contribution in [0.25, 0.3) is 0 Å². The average molecular weight is 270 g/mol. The average Bonchev–Trinajstić information content (AvgIpc) is 2.30. The molecule has 0 saturated heterocycles. The second-order valence-electron chi connectivity index (χ2n) is 5.05. The minimum Gasteiger partial charge on any atom is -0.397 e. The van der Waals surface area contributed by atoms with Gasteiger partial charge in [0.1, 0.15) is 5.69 Å². The van der Waals surface area contributed by atoms with Crippen LogP contribution in [0.4, 0.5) is 5.69 Å². The third-order valence-electron chi connectivity index (χ3n) is 3.39.